The van der Waals surface area contributed by atoms with Crippen molar-refractivity contribution in [2.75, 3.05) is 53.4 Å². The van der Waals surface area contributed by atoms with E-state index in [9.17, 15) is 14.4 Å². The van der Waals surface area contributed by atoms with Gasteiger partial charge in [-0.05, 0) is 97.9 Å². The fourth-order valence-corrected chi connectivity index (χ4v) is 7.29. The van der Waals surface area contributed by atoms with E-state index >= 15 is 0 Å². The predicted octanol–water partition coefficient (Wildman–Crippen LogP) is 13.6. The highest BCUT2D eigenvalue weighted by Gasteiger charge is 2.15. The van der Waals surface area contributed by atoms with Crippen molar-refractivity contribution in [3.8, 4) is 0 Å². The molecule has 344 valence electrons. The molecule has 0 aromatic heterocycles. The van der Waals surface area contributed by atoms with Gasteiger partial charge in [-0.2, -0.15) is 0 Å². The summed E-state index contributed by atoms with van der Waals surface area (Å²) < 4.78 is 51.4. The Labute approximate surface area is 366 Å². The Morgan fingerprint density at radius 1 is 0.448 bits per heavy atom. The SMILES string of the molecule is [2H]C([2H])(OC(=O)CCCN(C)C)C([2H])([2H])N(CCCCCCCC(=O)OCCCCCCCCC)CCCCCCCC(=O)OC(CCCCCCCC)CCCCCCCC. The molecule has 0 radical (unpaired) electrons. The van der Waals surface area contributed by atoms with Gasteiger partial charge in [0.2, 0.25) is 0 Å². The lowest BCUT2D eigenvalue weighted by Crippen LogP contribution is -2.30. The van der Waals surface area contributed by atoms with Crippen LogP contribution in [0.2, 0.25) is 0 Å². The zero-order valence-corrected chi connectivity index (χ0v) is 39.0. The molecular weight excluding hydrogens is 725 g/mol. The summed E-state index contributed by atoms with van der Waals surface area (Å²) in [6.07, 6.45) is 34.3. The first-order valence-corrected chi connectivity index (χ1v) is 24.8. The molecule has 0 saturated heterocycles. The van der Waals surface area contributed by atoms with E-state index in [0.29, 0.717) is 58.3 Å². The van der Waals surface area contributed by atoms with Crippen LogP contribution in [0.3, 0.4) is 0 Å². The zero-order valence-electron chi connectivity index (χ0n) is 43.0. The lowest BCUT2D eigenvalue weighted by atomic mass is 10.0. The lowest BCUT2D eigenvalue weighted by Gasteiger charge is -2.22. The maximum absolute atomic E-state index is 12.9. The Morgan fingerprint density at radius 3 is 1.34 bits per heavy atom. The van der Waals surface area contributed by atoms with Crippen molar-refractivity contribution in [1.29, 1.82) is 0 Å². The first-order chi connectivity index (χ1) is 29.8. The van der Waals surface area contributed by atoms with Gasteiger partial charge in [-0.15, -0.1) is 0 Å². The Balaban J connectivity index is 4.91. The van der Waals surface area contributed by atoms with Gasteiger partial charge < -0.3 is 19.1 Å². The molecule has 0 aliphatic carbocycles. The molecular formula is C50H98N2O6. The van der Waals surface area contributed by atoms with E-state index in [-0.39, 0.29) is 24.5 Å². The highest BCUT2D eigenvalue weighted by Crippen LogP contribution is 2.19. The van der Waals surface area contributed by atoms with Gasteiger partial charge in [0.15, 0.2) is 0 Å². The molecule has 0 aliphatic rings. The van der Waals surface area contributed by atoms with E-state index in [2.05, 4.69) is 20.8 Å². The number of hydrogen-bond acceptors (Lipinski definition) is 8. The predicted molar refractivity (Wildman–Crippen MR) is 245 cm³/mol. The summed E-state index contributed by atoms with van der Waals surface area (Å²) in [6.45, 7) is 3.15. The third-order valence-electron chi connectivity index (χ3n) is 11.0. The summed E-state index contributed by atoms with van der Waals surface area (Å²) in [4.78, 5) is 41.1. The summed E-state index contributed by atoms with van der Waals surface area (Å²) in [5.74, 6) is -0.972. The summed E-state index contributed by atoms with van der Waals surface area (Å²) in [5.41, 5.74) is 0. The van der Waals surface area contributed by atoms with E-state index in [1.807, 2.05) is 19.0 Å². The van der Waals surface area contributed by atoms with E-state index in [1.165, 1.54) is 101 Å². The minimum absolute atomic E-state index is 0.0207. The second kappa shape index (κ2) is 44.9. The lowest BCUT2D eigenvalue weighted by molar-refractivity contribution is -0.150. The van der Waals surface area contributed by atoms with Gasteiger partial charge in [0, 0.05) is 28.5 Å². The van der Waals surface area contributed by atoms with Crippen molar-refractivity contribution in [3.05, 3.63) is 0 Å². The molecule has 0 aromatic carbocycles. The van der Waals surface area contributed by atoms with Gasteiger partial charge in [-0.1, -0.05) is 162 Å². The van der Waals surface area contributed by atoms with Crippen molar-refractivity contribution in [2.45, 2.75) is 252 Å². The van der Waals surface area contributed by atoms with Gasteiger partial charge in [0.1, 0.15) is 12.7 Å². The van der Waals surface area contributed by atoms with Crippen molar-refractivity contribution in [1.82, 2.24) is 9.80 Å². The summed E-state index contributed by atoms with van der Waals surface area (Å²) in [5, 5.41) is 0. The molecule has 8 heteroatoms. The molecule has 0 heterocycles. The first kappa shape index (κ1) is 49.0. The molecule has 0 bridgehead atoms. The van der Waals surface area contributed by atoms with Crippen LogP contribution in [0, 0.1) is 0 Å². The summed E-state index contributed by atoms with van der Waals surface area (Å²) in [7, 11) is 3.79. The maximum Gasteiger partial charge on any atom is 0.306 e. The number of esters is 3. The Hall–Kier alpha value is -1.67. The maximum atomic E-state index is 12.9. The number of nitrogens with zero attached hydrogens (tertiary/aromatic N) is 2. The molecule has 8 nitrogen and oxygen atoms in total. The van der Waals surface area contributed by atoms with E-state index in [4.69, 9.17) is 19.7 Å². The number of carbonyl (C=O) groups excluding carboxylic acids is 3. The fraction of sp³-hybridized carbons (Fsp3) is 0.940. The quantitative estimate of drug-likeness (QED) is 0.0341. The number of rotatable bonds is 46. The Kier molecular flexibility index (Phi) is 37.9. The third-order valence-corrected chi connectivity index (χ3v) is 11.0. The van der Waals surface area contributed by atoms with Gasteiger partial charge in [0.05, 0.1) is 9.35 Å². The minimum Gasteiger partial charge on any atom is -0.466 e. The zero-order chi connectivity index (χ0) is 46.2. The average molecular weight is 827 g/mol. The molecule has 0 N–H and O–H groups in total. The van der Waals surface area contributed by atoms with Crippen molar-refractivity contribution in [3.63, 3.8) is 0 Å². The summed E-state index contributed by atoms with van der Waals surface area (Å²) >= 11 is 0. The van der Waals surface area contributed by atoms with E-state index < -0.39 is 19.0 Å². The van der Waals surface area contributed by atoms with Crippen molar-refractivity contribution in [2.24, 2.45) is 0 Å². The van der Waals surface area contributed by atoms with Gasteiger partial charge in [-0.25, -0.2) is 0 Å². The molecule has 0 aliphatic heterocycles. The third kappa shape index (κ3) is 42.5. The minimum atomic E-state index is -2.82. The monoisotopic (exact) mass is 827 g/mol. The van der Waals surface area contributed by atoms with Crippen LogP contribution in [0.5, 0.6) is 0 Å². The van der Waals surface area contributed by atoms with Gasteiger partial charge >= 0.3 is 17.9 Å². The molecule has 0 atom stereocenters. The second-order valence-electron chi connectivity index (χ2n) is 17.2. The van der Waals surface area contributed by atoms with Crippen LogP contribution >= 0.6 is 0 Å². The van der Waals surface area contributed by atoms with Crippen LogP contribution < -0.4 is 0 Å². The number of carbonyl (C=O) groups is 3. The standard InChI is InChI=1S/C50H98N2O6/c1-6-9-12-15-18-27-34-45-56-48(53)38-30-23-19-25-32-42-52(44-46-57-49(54)40-35-41-51(4)5)43-33-26-20-24-31-39-50(55)58-47(36-28-21-16-13-10-7-2)37-29-22-17-14-11-8-3/h47H,6-46H2,1-5H3/i44D2,46D2. The second-order valence-corrected chi connectivity index (χ2v) is 17.2. The highest BCUT2D eigenvalue weighted by molar-refractivity contribution is 5.70. The molecule has 0 spiro atoms. The van der Waals surface area contributed by atoms with Crippen LogP contribution in [0.25, 0.3) is 0 Å². The van der Waals surface area contributed by atoms with Crippen LogP contribution in [0.4, 0.5) is 0 Å². The molecule has 0 fully saturated rings. The number of hydrogen-bond donors (Lipinski definition) is 0. The van der Waals surface area contributed by atoms with Crippen LogP contribution in [0.1, 0.15) is 251 Å². The smallest absolute Gasteiger partial charge is 0.306 e. The fourth-order valence-electron chi connectivity index (χ4n) is 7.29. The Bertz CT molecular complexity index is 1050. The molecule has 0 rings (SSSR count). The topological polar surface area (TPSA) is 85.4 Å². The summed E-state index contributed by atoms with van der Waals surface area (Å²) in [6, 6.07) is 0. The van der Waals surface area contributed by atoms with E-state index in [1.54, 1.807) is 0 Å². The number of ether oxygens (including phenoxy) is 3. The Morgan fingerprint density at radius 2 is 0.845 bits per heavy atom. The number of unbranched alkanes of at least 4 members (excludes halogenated alkanes) is 24. The molecule has 0 amide bonds. The average Bonchev–Trinajstić information content (AvgIpc) is 3.22. The largest absolute Gasteiger partial charge is 0.466 e. The van der Waals surface area contributed by atoms with Crippen LogP contribution in [-0.2, 0) is 28.6 Å². The molecule has 0 saturated carbocycles. The van der Waals surface area contributed by atoms with Crippen molar-refractivity contribution >= 4 is 17.9 Å². The molecule has 0 aromatic rings. The van der Waals surface area contributed by atoms with Crippen molar-refractivity contribution < 1.29 is 34.1 Å². The first-order valence-electron chi connectivity index (χ1n) is 26.8. The van der Waals surface area contributed by atoms with Gasteiger partial charge in [-0.3, -0.25) is 19.3 Å². The van der Waals surface area contributed by atoms with Crippen LogP contribution in [-0.4, -0.2) is 87.2 Å². The molecule has 58 heavy (non-hydrogen) atoms. The normalized spacial score (nSPS) is 13.1. The molecule has 0 unspecified atom stereocenters. The van der Waals surface area contributed by atoms with Crippen LogP contribution in [0.15, 0.2) is 0 Å². The highest BCUT2D eigenvalue weighted by atomic mass is 16.5. The van der Waals surface area contributed by atoms with E-state index in [0.717, 1.165) is 89.9 Å². The van der Waals surface area contributed by atoms with Gasteiger partial charge in [0.25, 0.3) is 0 Å².